The summed E-state index contributed by atoms with van der Waals surface area (Å²) in [5.41, 5.74) is 14.3. The van der Waals surface area contributed by atoms with Gasteiger partial charge in [0.2, 0.25) is 0 Å². The van der Waals surface area contributed by atoms with E-state index in [1.807, 2.05) is 18.2 Å². The number of aromatic nitrogens is 6. The number of rotatable bonds is 6. The maximum Gasteiger partial charge on any atom is 0.160 e. The zero-order chi connectivity index (χ0) is 44.7. The van der Waals surface area contributed by atoms with Crippen molar-refractivity contribution in [3.63, 3.8) is 0 Å². The van der Waals surface area contributed by atoms with Crippen molar-refractivity contribution in [2.45, 2.75) is 0 Å². The van der Waals surface area contributed by atoms with Crippen LogP contribution in [0.5, 0.6) is 0 Å². The first-order valence-electron chi connectivity index (χ1n) is 23.0. The second-order valence-corrected chi connectivity index (χ2v) is 17.4. The fraction of sp³-hybridized carbons (Fsp3) is 0. The Morgan fingerprint density at radius 2 is 0.721 bits per heavy atom. The van der Waals surface area contributed by atoms with Crippen LogP contribution in [0.15, 0.2) is 231 Å². The molecule has 0 aliphatic heterocycles. The van der Waals surface area contributed by atoms with Crippen molar-refractivity contribution in [3.05, 3.63) is 231 Å². The predicted molar refractivity (Wildman–Crippen MR) is 281 cm³/mol. The summed E-state index contributed by atoms with van der Waals surface area (Å²) < 4.78 is 4.79. The molecule has 6 heteroatoms. The van der Waals surface area contributed by atoms with Crippen LogP contribution in [0.1, 0.15) is 0 Å². The molecule has 14 rings (SSSR count). The molecule has 6 nitrogen and oxygen atoms in total. The van der Waals surface area contributed by atoms with Gasteiger partial charge in [-0.3, -0.25) is 0 Å². The van der Waals surface area contributed by atoms with Gasteiger partial charge in [0.1, 0.15) is 0 Å². The van der Waals surface area contributed by atoms with Crippen LogP contribution in [0.25, 0.3) is 133 Å². The quantitative estimate of drug-likeness (QED) is 0.167. The van der Waals surface area contributed by atoms with Crippen molar-refractivity contribution in [2.24, 2.45) is 0 Å². The lowest BCUT2D eigenvalue weighted by Gasteiger charge is -2.13. The largest absolute Gasteiger partial charge is 0.309 e. The molecule has 316 valence electrons. The Kier molecular flexibility index (Phi) is 8.48. The van der Waals surface area contributed by atoms with Gasteiger partial charge in [-0.15, -0.1) is 0 Å². The Balaban J connectivity index is 0.939. The molecular weight excluding hydrogens is 829 g/mol. The molecule has 0 bridgehead atoms. The van der Waals surface area contributed by atoms with Crippen molar-refractivity contribution in [1.29, 1.82) is 0 Å². The van der Waals surface area contributed by atoms with Crippen LogP contribution < -0.4 is 0 Å². The van der Waals surface area contributed by atoms with E-state index in [0.29, 0.717) is 11.6 Å². The molecule has 0 amide bonds. The molecule has 0 atom stereocenters. The summed E-state index contributed by atoms with van der Waals surface area (Å²) in [4.78, 5) is 20.9. The molecule has 14 aromatic rings. The monoisotopic (exact) mass is 866 g/mol. The normalized spacial score (nSPS) is 11.8. The molecule has 0 saturated carbocycles. The third kappa shape index (κ3) is 5.98. The highest BCUT2D eigenvalue weighted by atomic mass is 15.0. The van der Waals surface area contributed by atoms with Crippen LogP contribution in [0, 0.1) is 0 Å². The summed E-state index contributed by atoms with van der Waals surface area (Å²) in [6, 6.07) is 81.4. The van der Waals surface area contributed by atoms with E-state index in [4.69, 9.17) is 19.9 Å². The Hall–Kier alpha value is -9.26. The number of hydrogen-bond donors (Lipinski definition) is 0. The number of hydrogen-bond acceptors (Lipinski definition) is 4. The summed E-state index contributed by atoms with van der Waals surface area (Å²) >= 11 is 0. The molecule has 68 heavy (non-hydrogen) atoms. The molecule has 0 fully saturated rings. The molecule has 0 saturated heterocycles. The molecule has 0 N–H and O–H groups in total. The lowest BCUT2D eigenvalue weighted by atomic mass is 10.0. The van der Waals surface area contributed by atoms with Gasteiger partial charge in [0.05, 0.1) is 44.5 Å². The number of para-hydroxylation sites is 4. The van der Waals surface area contributed by atoms with E-state index in [2.05, 4.69) is 221 Å². The van der Waals surface area contributed by atoms with Gasteiger partial charge in [-0.25, -0.2) is 19.9 Å². The van der Waals surface area contributed by atoms with Crippen molar-refractivity contribution >= 4 is 76.2 Å². The third-order valence-corrected chi connectivity index (χ3v) is 13.5. The summed E-state index contributed by atoms with van der Waals surface area (Å²) in [7, 11) is 0. The van der Waals surface area contributed by atoms with Gasteiger partial charge in [0.15, 0.2) is 11.6 Å². The molecule has 10 aromatic carbocycles. The van der Waals surface area contributed by atoms with Gasteiger partial charge in [-0.05, 0) is 77.5 Å². The van der Waals surface area contributed by atoms with E-state index >= 15 is 0 Å². The average molecular weight is 867 g/mol. The predicted octanol–water partition coefficient (Wildman–Crippen LogP) is 15.6. The zero-order valence-electron chi connectivity index (χ0n) is 36.6. The number of benzene rings is 10. The van der Waals surface area contributed by atoms with Crippen LogP contribution in [0.4, 0.5) is 0 Å². The first kappa shape index (κ1) is 38.1. The zero-order valence-corrected chi connectivity index (χ0v) is 36.6. The number of nitrogens with zero attached hydrogens (tertiary/aromatic N) is 6. The standard InChI is InChI=1S/C62H38N6/c1-2-17-40(18-3-1)59-47-24-6-10-28-51(47)63-61(65-59)43-20-14-22-45(37-43)67-53-30-12-8-26-49(53)57-55(67)34-35-56-58(57)50-27-9-13-31-54(50)68(56)46-23-15-21-44(38-46)62-64-52-29-11-7-25-48(52)60(66-62)42-33-32-39-16-4-5-19-41(39)36-42/h1-38H. The topological polar surface area (TPSA) is 61.4 Å². The SMILES string of the molecule is c1ccc(-c2nc(-c3cccc(-n4c5ccccc5c5c6c7ccccc7n(-c7cccc(-c8nc(-c9ccc%10ccccc%10c9)c9ccccc9n8)c7)c6ccc54)c3)nc3ccccc23)cc1. The minimum absolute atomic E-state index is 0.688. The minimum atomic E-state index is 0.688. The van der Waals surface area contributed by atoms with Crippen LogP contribution in [-0.4, -0.2) is 29.1 Å². The maximum absolute atomic E-state index is 5.33. The summed E-state index contributed by atoms with van der Waals surface area (Å²) in [5.74, 6) is 1.38. The van der Waals surface area contributed by atoms with Gasteiger partial charge in [0.25, 0.3) is 0 Å². The fourth-order valence-electron chi connectivity index (χ4n) is 10.4. The molecule has 4 heterocycles. The molecule has 0 spiro atoms. The summed E-state index contributed by atoms with van der Waals surface area (Å²) in [6.07, 6.45) is 0. The Morgan fingerprint density at radius 1 is 0.265 bits per heavy atom. The first-order chi connectivity index (χ1) is 33.7. The molecule has 4 aromatic heterocycles. The van der Waals surface area contributed by atoms with Crippen molar-refractivity contribution < 1.29 is 0 Å². The van der Waals surface area contributed by atoms with Crippen molar-refractivity contribution in [2.75, 3.05) is 0 Å². The second kappa shape index (κ2) is 15.2. The van der Waals surface area contributed by atoms with E-state index in [1.54, 1.807) is 0 Å². The Bertz CT molecular complexity index is 4340. The highest BCUT2D eigenvalue weighted by Gasteiger charge is 2.22. The lowest BCUT2D eigenvalue weighted by molar-refractivity contribution is 1.16. The second-order valence-electron chi connectivity index (χ2n) is 17.4. The van der Waals surface area contributed by atoms with Crippen LogP contribution >= 0.6 is 0 Å². The van der Waals surface area contributed by atoms with E-state index < -0.39 is 0 Å². The van der Waals surface area contributed by atoms with E-state index in [9.17, 15) is 0 Å². The van der Waals surface area contributed by atoms with Crippen molar-refractivity contribution in [1.82, 2.24) is 29.1 Å². The van der Waals surface area contributed by atoms with E-state index in [0.717, 1.165) is 88.9 Å². The first-order valence-corrected chi connectivity index (χ1v) is 23.0. The summed E-state index contributed by atoms with van der Waals surface area (Å²) in [6.45, 7) is 0. The Labute approximate surface area is 390 Å². The molecule has 0 aliphatic carbocycles. The average Bonchev–Trinajstić information content (AvgIpc) is 3.93. The maximum atomic E-state index is 5.33. The van der Waals surface area contributed by atoms with Gasteiger partial charge < -0.3 is 9.13 Å². The highest BCUT2D eigenvalue weighted by Crippen LogP contribution is 2.43. The minimum Gasteiger partial charge on any atom is -0.309 e. The van der Waals surface area contributed by atoms with Gasteiger partial charge in [-0.2, -0.15) is 0 Å². The Morgan fingerprint density at radius 3 is 1.29 bits per heavy atom. The molecule has 0 radical (unpaired) electrons. The van der Waals surface area contributed by atoms with Gasteiger partial charge >= 0.3 is 0 Å². The van der Waals surface area contributed by atoms with Crippen molar-refractivity contribution in [3.8, 4) is 56.7 Å². The lowest BCUT2D eigenvalue weighted by Crippen LogP contribution is -1.98. The van der Waals surface area contributed by atoms with Crippen LogP contribution in [-0.2, 0) is 0 Å². The fourth-order valence-corrected chi connectivity index (χ4v) is 10.4. The van der Waals surface area contributed by atoms with Gasteiger partial charge in [-0.1, -0.05) is 164 Å². The highest BCUT2D eigenvalue weighted by molar-refractivity contribution is 6.29. The van der Waals surface area contributed by atoms with E-state index in [-0.39, 0.29) is 0 Å². The van der Waals surface area contributed by atoms with Crippen LogP contribution in [0.3, 0.4) is 0 Å². The van der Waals surface area contributed by atoms with E-state index in [1.165, 1.54) is 32.3 Å². The summed E-state index contributed by atoms with van der Waals surface area (Å²) in [5, 5.41) is 9.24. The molecule has 0 unspecified atom stereocenters. The van der Waals surface area contributed by atoms with Gasteiger partial charge in [0, 0.05) is 65.9 Å². The molecular formula is C62H38N6. The molecule has 0 aliphatic rings. The third-order valence-electron chi connectivity index (χ3n) is 13.5. The smallest absolute Gasteiger partial charge is 0.160 e. The van der Waals surface area contributed by atoms with Crippen LogP contribution in [0.2, 0.25) is 0 Å². The number of fused-ring (bicyclic) bond motifs is 10.